The van der Waals surface area contributed by atoms with E-state index < -0.39 is 6.04 Å². The molecule has 0 aliphatic carbocycles. The van der Waals surface area contributed by atoms with E-state index in [4.69, 9.17) is 4.74 Å². The fourth-order valence-corrected chi connectivity index (χ4v) is 2.41. The summed E-state index contributed by atoms with van der Waals surface area (Å²) in [6.07, 6.45) is 0.375. The average Bonchev–Trinajstić information content (AvgIpc) is 2.59. The van der Waals surface area contributed by atoms with Gasteiger partial charge in [-0.2, -0.15) is 0 Å². The predicted octanol–water partition coefficient (Wildman–Crippen LogP) is 0.312. The molecule has 0 aromatic heterocycles. The molecular weight excluding hydrogens is 282 g/mol. The van der Waals surface area contributed by atoms with Crippen molar-refractivity contribution in [1.29, 1.82) is 0 Å². The van der Waals surface area contributed by atoms with Gasteiger partial charge in [0.2, 0.25) is 11.8 Å². The number of ether oxygens (including phenoxy) is 1. The Morgan fingerprint density at radius 1 is 1.23 bits per heavy atom. The Labute approximate surface area is 130 Å². The smallest absolute Gasteiger partial charge is 0.246 e. The van der Waals surface area contributed by atoms with E-state index in [9.17, 15) is 9.59 Å². The van der Waals surface area contributed by atoms with Gasteiger partial charge in [-0.3, -0.25) is 14.5 Å². The third-order valence-corrected chi connectivity index (χ3v) is 3.71. The van der Waals surface area contributed by atoms with Crippen LogP contribution in [0.5, 0.6) is 0 Å². The first-order valence-electron chi connectivity index (χ1n) is 7.56. The van der Waals surface area contributed by atoms with Crippen LogP contribution >= 0.6 is 0 Å². The molecule has 0 saturated carbocycles. The van der Waals surface area contributed by atoms with E-state index >= 15 is 0 Å². The Kier molecular flexibility index (Phi) is 6.36. The van der Waals surface area contributed by atoms with Crippen LogP contribution in [0.15, 0.2) is 30.3 Å². The van der Waals surface area contributed by atoms with E-state index in [1.165, 1.54) is 0 Å². The third-order valence-electron chi connectivity index (χ3n) is 3.71. The zero-order chi connectivity index (χ0) is 15.8. The lowest BCUT2D eigenvalue weighted by Gasteiger charge is -2.26. The molecule has 1 fully saturated rings. The summed E-state index contributed by atoms with van der Waals surface area (Å²) in [6, 6.07) is 8.61. The summed E-state index contributed by atoms with van der Waals surface area (Å²) < 4.78 is 5.28. The molecule has 0 unspecified atom stereocenters. The van der Waals surface area contributed by atoms with Crippen LogP contribution in [-0.4, -0.2) is 56.6 Å². The normalized spacial score (nSPS) is 16.8. The Morgan fingerprint density at radius 2 is 1.91 bits per heavy atom. The van der Waals surface area contributed by atoms with Gasteiger partial charge in [0.1, 0.15) is 6.04 Å². The Bertz CT molecular complexity index is 487. The number of morpholine rings is 1. The van der Waals surface area contributed by atoms with E-state index in [1.807, 2.05) is 30.3 Å². The number of nitrogens with zero attached hydrogens (tertiary/aromatic N) is 1. The summed E-state index contributed by atoms with van der Waals surface area (Å²) in [5.74, 6) is -0.338. The molecular formula is C16H23N3O3. The first-order chi connectivity index (χ1) is 10.7. The summed E-state index contributed by atoms with van der Waals surface area (Å²) in [5.41, 5.74) is 0.779. The van der Waals surface area contributed by atoms with Gasteiger partial charge in [0.25, 0.3) is 0 Å². The lowest BCUT2D eigenvalue weighted by atomic mass is 10.1. The molecule has 6 nitrogen and oxygen atoms in total. The molecule has 1 heterocycles. The molecule has 0 spiro atoms. The first kappa shape index (κ1) is 16.5. The van der Waals surface area contributed by atoms with Crippen LogP contribution in [0.25, 0.3) is 0 Å². The minimum absolute atomic E-state index is 0.121. The lowest BCUT2D eigenvalue weighted by Crippen LogP contribution is -2.42. The van der Waals surface area contributed by atoms with Crippen LogP contribution in [0.1, 0.15) is 18.0 Å². The van der Waals surface area contributed by atoms with Gasteiger partial charge in [-0.1, -0.05) is 30.3 Å². The molecule has 2 rings (SSSR count). The molecule has 1 aromatic rings. The predicted molar refractivity (Wildman–Crippen MR) is 83.3 cm³/mol. The number of likely N-dealkylation sites (N-methyl/N-ethyl adjacent to an activating group) is 1. The van der Waals surface area contributed by atoms with E-state index in [0.29, 0.717) is 26.2 Å². The van der Waals surface area contributed by atoms with E-state index in [-0.39, 0.29) is 11.8 Å². The molecule has 2 amide bonds. The summed E-state index contributed by atoms with van der Waals surface area (Å²) in [7, 11) is 1.57. The maximum absolute atomic E-state index is 12.1. The van der Waals surface area contributed by atoms with Crippen molar-refractivity contribution >= 4 is 11.8 Å². The van der Waals surface area contributed by atoms with Crippen LogP contribution < -0.4 is 10.6 Å². The molecule has 0 bridgehead atoms. The summed E-state index contributed by atoms with van der Waals surface area (Å²) in [4.78, 5) is 26.3. The topological polar surface area (TPSA) is 70.7 Å². The molecule has 120 valence electrons. The van der Waals surface area contributed by atoms with Crippen LogP contribution in [0.2, 0.25) is 0 Å². The van der Waals surface area contributed by atoms with Crippen molar-refractivity contribution in [3.05, 3.63) is 35.9 Å². The van der Waals surface area contributed by atoms with Gasteiger partial charge in [-0.15, -0.1) is 0 Å². The molecule has 1 aromatic carbocycles. The van der Waals surface area contributed by atoms with Gasteiger partial charge in [-0.05, 0) is 5.56 Å². The molecule has 0 radical (unpaired) electrons. The monoisotopic (exact) mass is 305 g/mol. The molecule has 2 N–H and O–H groups in total. The van der Waals surface area contributed by atoms with Crippen molar-refractivity contribution in [2.45, 2.75) is 12.5 Å². The SMILES string of the molecule is CNC(=O)[C@@H](NC(=O)CCN1CCOCC1)c1ccccc1. The minimum Gasteiger partial charge on any atom is -0.379 e. The fourth-order valence-electron chi connectivity index (χ4n) is 2.41. The number of rotatable bonds is 6. The van der Waals surface area contributed by atoms with Crippen molar-refractivity contribution < 1.29 is 14.3 Å². The highest BCUT2D eigenvalue weighted by Gasteiger charge is 2.21. The number of nitrogens with one attached hydrogen (secondary N) is 2. The van der Waals surface area contributed by atoms with Crippen molar-refractivity contribution in [1.82, 2.24) is 15.5 Å². The quantitative estimate of drug-likeness (QED) is 0.794. The Hall–Kier alpha value is -1.92. The van der Waals surface area contributed by atoms with Crippen molar-refractivity contribution in [3.63, 3.8) is 0 Å². The fraction of sp³-hybridized carbons (Fsp3) is 0.500. The maximum Gasteiger partial charge on any atom is 0.246 e. The zero-order valence-electron chi connectivity index (χ0n) is 12.9. The lowest BCUT2D eigenvalue weighted by molar-refractivity contribution is -0.129. The molecule has 1 atom stereocenters. The number of carbonyl (C=O) groups is 2. The number of hydrogen-bond acceptors (Lipinski definition) is 4. The highest BCUT2D eigenvalue weighted by atomic mass is 16.5. The molecule has 6 heteroatoms. The largest absolute Gasteiger partial charge is 0.379 e. The number of hydrogen-bond donors (Lipinski definition) is 2. The second kappa shape index (κ2) is 8.51. The van der Waals surface area contributed by atoms with Crippen LogP contribution in [0.4, 0.5) is 0 Å². The van der Waals surface area contributed by atoms with Crippen LogP contribution in [0.3, 0.4) is 0 Å². The van der Waals surface area contributed by atoms with Crippen molar-refractivity contribution in [3.8, 4) is 0 Å². The standard InChI is InChI=1S/C16H23N3O3/c1-17-16(21)15(13-5-3-2-4-6-13)18-14(20)7-8-19-9-11-22-12-10-19/h2-6,15H,7-12H2,1H3,(H,17,21)(H,18,20)/t15-/m0/s1. The Balaban J connectivity index is 1.89. The Morgan fingerprint density at radius 3 is 2.55 bits per heavy atom. The van der Waals surface area contributed by atoms with E-state index in [1.54, 1.807) is 7.05 Å². The van der Waals surface area contributed by atoms with E-state index in [2.05, 4.69) is 15.5 Å². The van der Waals surface area contributed by atoms with Gasteiger partial charge in [0.15, 0.2) is 0 Å². The van der Waals surface area contributed by atoms with E-state index in [0.717, 1.165) is 18.7 Å². The van der Waals surface area contributed by atoms with Crippen LogP contribution in [-0.2, 0) is 14.3 Å². The van der Waals surface area contributed by atoms with Gasteiger partial charge in [0, 0.05) is 33.1 Å². The van der Waals surface area contributed by atoms with Gasteiger partial charge in [0.05, 0.1) is 13.2 Å². The molecule has 22 heavy (non-hydrogen) atoms. The first-order valence-corrected chi connectivity index (χ1v) is 7.56. The number of carbonyl (C=O) groups excluding carboxylic acids is 2. The maximum atomic E-state index is 12.1. The molecule has 1 aliphatic heterocycles. The minimum atomic E-state index is -0.650. The molecule has 1 aliphatic rings. The number of benzene rings is 1. The molecule has 1 saturated heterocycles. The number of amides is 2. The second-order valence-electron chi connectivity index (χ2n) is 5.23. The summed E-state index contributed by atoms with van der Waals surface area (Å²) in [5, 5.41) is 5.41. The summed E-state index contributed by atoms with van der Waals surface area (Å²) >= 11 is 0. The second-order valence-corrected chi connectivity index (χ2v) is 5.23. The average molecular weight is 305 g/mol. The third kappa shape index (κ3) is 4.82. The van der Waals surface area contributed by atoms with Gasteiger partial charge < -0.3 is 15.4 Å². The highest BCUT2D eigenvalue weighted by molar-refractivity contribution is 5.88. The zero-order valence-corrected chi connectivity index (χ0v) is 12.9. The van der Waals surface area contributed by atoms with Crippen LogP contribution in [0, 0.1) is 0 Å². The summed E-state index contributed by atoms with van der Waals surface area (Å²) in [6.45, 7) is 3.82. The highest BCUT2D eigenvalue weighted by Crippen LogP contribution is 2.13. The van der Waals surface area contributed by atoms with Crippen molar-refractivity contribution in [2.24, 2.45) is 0 Å². The van der Waals surface area contributed by atoms with Gasteiger partial charge >= 0.3 is 0 Å². The van der Waals surface area contributed by atoms with Gasteiger partial charge in [-0.25, -0.2) is 0 Å². The van der Waals surface area contributed by atoms with Crippen molar-refractivity contribution in [2.75, 3.05) is 39.9 Å².